The first-order valence-electron chi connectivity index (χ1n) is 10.0. The molecule has 140 valence electrons. The molecule has 3 aliphatic rings. The normalized spacial score (nSPS) is 29.3. The van der Waals surface area contributed by atoms with Gasteiger partial charge in [-0.2, -0.15) is 0 Å². The highest BCUT2D eigenvalue weighted by Gasteiger charge is 2.50. The number of rotatable bonds is 4. The van der Waals surface area contributed by atoms with Crippen molar-refractivity contribution in [3.8, 4) is 0 Å². The lowest BCUT2D eigenvalue weighted by molar-refractivity contribution is -0.131. The highest BCUT2D eigenvalue weighted by Crippen LogP contribution is 2.41. The number of carbonyl (C=O) groups is 2. The molecule has 0 aliphatic carbocycles. The molecule has 0 aromatic heterocycles. The van der Waals surface area contributed by atoms with Crippen LogP contribution in [0.2, 0.25) is 0 Å². The third-order valence-electron chi connectivity index (χ3n) is 6.35. The first-order chi connectivity index (χ1) is 12.7. The maximum absolute atomic E-state index is 12.9. The van der Waals surface area contributed by atoms with E-state index in [0.717, 1.165) is 32.5 Å². The molecule has 3 heterocycles. The number of carbonyl (C=O) groups excluding carboxylic acids is 2. The minimum atomic E-state index is -0.292. The maximum Gasteiger partial charge on any atom is 0.223 e. The van der Waals surface area contributed by atoms with Gasteiger partial charge < -0.3 is 15.1 Å². The molecule has 3 saturated heterocycles. The summed E-state index contributed by atoms with van der Waals surface area (Å²) in [6.45, 7) is 4.48. The van der Waals surface area contributed by atoms with E-state index in [9.17, 15) is 9.59 Å². The summed E-state index contributed by atoms with van der Waals surface area (Å²) in [7, 11) is 0. The Morgan fingerprint density at radius 1 is 1.15 bits per heavy atom. The molecule has 0 bridgehead atoms. The molecule has 5 heteroatoms. The van der Waals surface area contributed by atoms with Gasteiger partial charge in [-0.1, -0.05) is 30.3 Å². The predicted molar refractivity (Wildman–Crippen MR) is 101 cm³/mol. The van der Waals surface area contributed by atoms with Crippen LogP contribution in [0, 0.1) is 0 Å². The van der Waals surface area contributed by atoms with Crippen LogP contribution in [-0.2, 0) is 9.59 Å². The van der Waals surface area contributed by atoms with E-state index in [0.29, 0.717) is 25.9 Å². The van der Waals surface area contributed by atoms with Crippen molar-refractivity contribution in [3.63, 3.8) is 0 Å². The Morgan fingerprint density at radius 3 is 2.65 bits per heavy atom. The molecule has 1 aromatic rings. The van der Waals surface area contributed by atoms with Gasteiger partial charge in [0, 0.05) is 38.4 Å². The summed E-state index contributed by atoms with van der Waals surface area (Å²) in [5.74, 6) is 0.543. The Balaban J connectivity index is 1.49. The second kappa shape index (κ2) is 7.39. The number of likely N-dealkylation sites (tertiary alicyclic amines) is 2. The zero-order valence-electron chi connectivity index (χ0n) is 15.5. The Bertz CT molecular complexity index is 656. The van der Waals surface area contributed by atoms with E-state index in [1.165, 1.54) is 18.4 Å². The van der Waals surface area contributed by atoms with Gasteiger partial charge in [0.25, 0.3) is 0 Å². The van der Waals surface area contributed by atoms with Crippen molar-refractivity contribution in [2.24, 2.45) is 0 Å². The van der Waals surface area contributed by atoms with Crippen molar-refractivity contribution in [2.45, 2.75) is 50.0 Å². The van der Waals surface area contributed by atoms with Crippen LogP contribution >= 0.6 is 0 Å². The number of hydrogen-bond donors (Lipinski definition) is 1. The highest BCUT2D eigenvalue weighted by molar-refractivity contribution is 5.80. The Hall–Kier alpha value is -1.88. The standard InChI is InChI=1S/C21H29N3O2/c25-19-9-6-11-21(22-19)16-24(15-18(21)17-7-2-1-3-8-17)20(26)10-14-23-12-4-5-13-23/h1-3,7-8,18H,4-6,9-16H2,(H,22,25)/t18-,21+/m0/s1. The summed E-state index contributed by atoms with van der Waals surface area (Å²) in [6.07, 6.45) is 5.56. The molecule has 2 atom stereocenters. The van der Waals surface area contributed by atoms with E-state index < -0.39 is 0 Å². The highest BCUT2D eigenvalue weighted by atomic mass is 16.2. The summed E-state index contributed by atoms with van der Waals surface area (Å²) in [4.78, 5) is 29.4. The lowest BCUT2D eigenvalue weighted by Gasteiger charge is -2.39. The largest absolute Gasteiger partial charge is 0.348 e. The number of benzene rings is 1. The molecule has 3 fully saturated rings. The van der Waals surface area contributed by atoms with Gasteiger partial charge in [0.15, 0.2) is 0 Å². The number of amides is 2. The molecule has 5 nitrogen and oxygen atoms in total. The van der Waals surface area contributed by atoms with Crippen molar-refractivity contribution < 1.29 is 9.59 Å². The molecule has 1 N–H and O–H groups in total. The summed E-state index contributed by atoms with van der Waals surface area (Å²) < 4.78 is 0. The molecule has 1 spiro atoms. The Kier molecular flexibility index (Phi) is 4.98. The van der Waals surface area contributed by atoms with Crippen molar-refractivity contribution in [1.29, 1.82) is 0 Å². The van der Waals surface area contributed by atoms with Crippen molar-refractivity contribution in [1.82, 2.24) is 15.1 Å². The van der Waals surface area contributed by atoms with Crippen LogP contribution < -0.4 is 5.32 Å². The van der Waals surface area contributed by atoms with Gasteiger partial charge in [-0.25, -0.2) is 0 Å². The fraction of sp³-hybridized carbons (Fsp3) is 0.619. The third kappa shape index (κ3) is 3.50. The fourth-order valence-corrected chi connectivity index (χ4v) is 4.98. The lowest BCUT2D eigenvalue weighted by Crippen LogP contribution is -2.56. The van der Waals surface area contributed by atoms with Crippen LogP contribution in [0.5, 0.6) is 0 Å². The van der Waals surface area contributed by atoms with Gasteiger partial charge in [-0.15, -0.1) is 0 Å². The van der Waals surface area contributed by atoms with Crippen LogP contribution in [0.1, 0.15) is 50.0 Å². The monoisotopic (exact) mass is 355 g/mol. The van der Waals surface area contributed by atoms with Crippen LogP contribution in [0.25, 0.3) is 0 Å². The van der Waals surface area contributed by atoms with Crippen molar-refractivity contribution in [2.75, 3.05) is 32.7 Å². The molecule has 0 unspecified atom stereocenters. The van der Waals surface area contributed by atoms with Gasteiger partial charge in [0.05, 0.1) is 5.54 Å². The van der Waals surface area contributed by atoms with Crippen LogP contribution in [0.15, 0.2) is 30.3 Å². The SMILES string of the molecule is O=C1CCC[C@]2(CN(C(=O)CCN3CCCC3)C[C@H]2c2ccccc2)N1. The van der Waals surface area contributed by atoms with Gasteiger partial charge in [-0.05, 0) is 44.3 Å². The number of piperidine rings is 1. The molecule has 3 aliphatic heterocycles. The molecular weight excluding hydrogens is 326 g/mol. The second-order valence-corrected chi connectivity index (χ2v) is 8.09. The fourth-order valence-electron chi connectivity index (χ4n) is 4.98. The van der Waals surface area contributed by atoms with Crippen molar-refractivity contribution >= 4 is 11.8 Å². The first kappa shape index (κ1) is 17.5. The second-order valence-electron chi connectivity index (χ2n) is 8.09. The van der Waals surface area contributed by atoms with Gasteiger partial charge in [0.2, 0.25) is 11.8 Å². The quantitative estimate of drug-likeness (QED) is 0.900. The zero-order valence-corrected chi connectivity index (χ0v) is 15.5. The zero-order chi connectivity index (χ0) is 18.0. The summed E-state index contributed by atoms with van der Waals surface area (Å²) in [5, 5.41) is 3.28. The molecular formula is C21H29N3O2. The average molecular weight is 355 g/mol. The van der Waals surface area contributed by atoms with E-state index in [2.05, 4.69) is 22.3 Å². The number of nitrogens with zero attached hydrogens (tertiary/aromatic N) is 2. The van der Waals surface area contributed by atoms with E-state index in [4.69, 9.17) is 0 Å². The Morgan fingerprint density at radius 2 is 1.92 bits per heavy atom. The topological polar surface area (TPSA) is 52.7 Å². The average Bonchev–Trinajstić information content (AvgIpc) is 3.29. The van der Waals surface area contributed by atoms with Gasteiger partial charge in [-0.3, -0.25) is 9.59 Å². The first-order valence-corrected chi connectivity index (χ1v) is 10.0. The lowest BCUT2D eigenvalue weighted by atomic mass is 9.76. The van der Waals surface area contributed by atoms with Crippen LogP contribution in [0.3, 0.4) is 0 Å². The molecule has 0 radical (unpaired) electrons. The van der Waals surface area contributed by atoms with Gasteiger partial charge in [0.1, 0.15) is 0 Å². The number of nitrogens with one attached hydrogen (secondary N) is 1. The minimum absolute atomic E-state index is 0.128. The maximum atomic E-state index is 12.9. The van der Waals surface area contributed by atoms with E-state index >= 15 is 0 Å². The van der Waals surface area contributed by atoms with Crippen LogP contribution in [0.4, 0.5) is 0 Å². The molecule has 2 amide bonds. The molecule has 0 saturated carbocycles. The van der Waals surface area contributed by atoms with Crippen molar-refractivity contribution in [3.05, 3.63) is 35.9 Å². The summed E-state index contributed by atoms with van der Waals surface area (Å²) >= 11 is 0. The smallest absolute Gasteiger partial charge is 0.223 e. The molecule has 26 heavy (non-hydrogen) atoms. The number of hydrogen-bond acceptors (Lipinski definition) is 3. The molecule has 4 rings (SSSR count). The van der Waals surface area contributed by atoms with Crippen LogP contribution in [-0.4, -0.2) is 59.9 Å². The molecule has 1 aromatic carbocycles. The van der Waals surface area contributed by atoms with E-state index in [1.54, 1.807) is 0 Å². The van der Waals surface area contributed by atoms with Gasteiger partial charge >= 0.3 is 0 Å². The third-order valence-corrected chi connectivity index (χ3v) is 6.35. The van der Waals surface area contributed by atoms with E-state index in [1.807, 2.05) is 23.1 Å². The summed E-state index contributed by atoms with van der Waals surface area (Å²) in [5.41, 5.74) is 0.935. The van der Waals surface area contributed by atoms with E-state index in [-0.39, 0.29) is 23.3 Å². The summed E-state index contributed by atoms with van der Waals surface area (Å²) in [6, 6.07) is 10.4. The Labute approximate surface area is 155 Å². The minimum Gasteiger partial charge on any atom is -0.348 e. The predicted octanol–water partition coefficient (Wildman–Crippen LogP) is 2.14.